The van der Waals surface area contributed by atoms with Crippen LogP contribution in [0.2, 0.25) is 0 Å². The molecule has 1 atom stereocenters. The number of benzene rings is 1. The zero-order valence-electron chi connectivity index (χ0n) is 11.0. The number of hydrogen-bond donors (Lipinski definition) is 1. The van der Waals surface area contributed by atoms with Crippen molar-refractivity contribution < 1.29 is 9.53 Å². The molecule has 0 radical (unpaired) electrons. The number of ether oxygens (including phenoxy) is 1. The van der Waals surface area contributed by atoms with Gasteiger partial charge in [0.05, 0.1) is 13.0 Å². The first-order chi connectivity index (χ1) is 8.72. The number of hydrogen-bond acceptors (Lipinski definition) is 3. The van der Waals surface area contributed by atoms with Crippen LogP contribution in [0.5, 0.6) is 5.75 Å². The van der Waals surface area contributed by atoms with E-state index in [1.54, 1.807) is 14.2 Å². The van der Waals surface area contributed by atoms with Gasteiger partial charge in [0, 0.05) is 20.1 Å². The monoisotopic (exact) mass is 248 g/mol. The van der Waals surface area contributed by atoms with Crippen molar-refractivity contribution in [2.45, 2.75) is 13.0 Å². The highest BCUT2D eigenvalue weighted by molar-refractivity contribution is 5.78. The molecule has 1 aliphatic heterocycles. The van der Waals surface area contributed by atoms with Gasteiger partial charge in [0.25, 0.3) is 0 Å². The molecule has 1 amide bonds. The Morgan fingerprint density at radius 3 is 3.11 bits per heavy atom. The first kappa shape index (κ1) is 12.9. The van der Waals surface area contributed by atoms with Crippen molar-refractivity contribution in [3.05, 3.63) is 29.8 Å². The summed E-state index contributed by atoms with van der Waals surface area (Å²) in [6.07, 6.45) is 0.948. The molecule has 1 saturated heterocycles. The van der Waals surface area contributed by atoms with Gasteiger partial charge in [-0.3, -0.25) is 9.69 Å². The van der Waals surface area contributed by atoms with Crippen LogP contribution in [0.15, 0.2) is 24.3 Å². The van der Waals surface area contributed by atoms with Crippen molar-refractivity contribution in [1.82, 2.24) is 10.2 Å². The lowest BCUT2D eigenvalue weighted by atomic mass is 10.1. The molecule has 1 unspecified atom stereocenters. The van der Waals surface area contributed by atoms with E-state index in [1.807, 2.05) is 18.2 Å². The summed E-state index contributed by atoms with van der Waals surface area (Å²) < 4.78 is 5.21. The molecule has 2 rings (SSSR count). The highest BCUT2D eigenvalue weighted by Crippen LogP contribution is 2.20. The van der Waals surface area contributed by atoms with Crippen LogP contribution in [-0.4, -0.2) is 38.1 Å². The van der Waals surface area contributed by atoms with Crippen LogP contribution >= 0.6 is 0 Å². The van der Waals surface area contributed by atoms with Gasteiger partial charge in [0.2, 0.25) is 5.91 Å². The van der Waals surface area contributed by atoms with Crippen LogP contribution in [0.25, 0.3) is 0 Å². The lowest BCUT2D eigenvalue weighted by Gasteiger charge is -2.16. The van der Waals surface area contributed by atoms with Gasteiger partial charge in [-0.25, -0.2) is 0 Å². The molecule has 1 N–H and O–H groups in total. The second kappa shape index (κ2) is 5.87. The molecule has 0 aromatic heterocycles. The number of nitrogens with zero attached hydrogens (tertiary/aromatic N) is 1. The summed E-state index contributed by atoms with van der Waals surface area (Å²) in [5, 5.41) is 2.72. The van der Waals surface area contributed by atoms with Gasteiger partial charge in [0.15, 0.2) is 0 Å². The standard InChI is InChI=1S/C14H20N2O2/c1-15-14(17)12-6-7-16(10-12)9-11-4-3-5-13(8-11)18-2/h3-5,8,12H,6-7,9-10H2,1-2H3,(H,15,17). The zero-order valence-corrected chi connectivity index (χ0v) is 11.0. The van der Waals surface area contributed by atoms with Gasteiger partial charge < -0.3 is 10.1 Å². The Balaban J connectivity index is 1.92. The van der Waals surface area contributed by atoms with E-state index >= 15 is 0 Å². The van der Waals surface area contributed by atoms with Crippen LogP contribution in [0.4, 0.5) is 0 Å². The molecule has 18 heavy (non-hydrogen) atoms. The highest BCUT2D eigenvalue weighted by atomic mass is 16.5. The van der Waals surface area contributed by atoms with Crippen molar-refractivity contribution in [2.75, 3.05) is 27.2 Å². The van der Waals surface area contributed by atoms with E-state index < -0.39 is 0 Å². The minimum atomic E-state index is 0.139. The third kappa shape index (κ3) is 3.01. The maximum atomic E-state index is 11.6. The Bertz CT molecular complexity index is 420. The molecule has 1 aromatic rings. The summed E-state index contributed by atoms with van der Waals surface area (Å²) in [5.41, 5.74) is 1.23. The predicted molar refractivity (Wildman–Crippen MR) is 70.4 cm³/mol. The van der Waals surface area contributed by atoms with Gasteiger partial charge in [0.1, 0.15) is 5.75 Å². The normalized spacial score (nSPS) is 19.8. The second-order valence-corrected chi connectivity index (χ2v) is 4.69. The van der Waals surface area contributed by atoms with Gasteiger partial charge in [-0.05, 0) is 30.7 Å². The quantitative estimate of drug-likeness (QED) is 0.872. The molecule has 1 fully saturated rings. The Labute approximate surface area is 108 Å². The van der Waals surface area contributed by atoms with Crippen LogP contribution in [0.3, 0.4) is 0 Å². The third-order valence-corrected chi connectivity index (χ3v) is 3.43. The average Bonchev–Trinajstić information content (AvgIpc) is 2.86. The number of rotatable bonds is 4. The molecule has 1 aliphatic rings. The lowest BCUT2D eigenvalue weighted by Crippen LogP contribution is -2.30. The van der Waals surface area contributed by atoms with Crippen molar-refractivity contribution >= 4 is 5.91 Å². The second-order valence-electron chi connectivity index (χ2n) is 4.69. The number of amides is 1. The molecule has 98 valence electrons. The number of methoxy groups -OCH3 is 1. The fraction of sp³-hybridized carbons (Fsp3) is 0.500. The molecule has 0 bridgehead atoms. The summed E-state index contributed by atoms with van der Waals surface area (Å²) in [5.74, 6) is 1.18. The lowest BCUT2D eigenvalue weighted by molar-refractivity contribution is -0.124. The maximum absolute atomic E-state index is 11.6. The number of nitrogens with one attached hydrogen (secondary N) is 1. The SMILES string of the molecule is CNC(=O)C1CCN(Cc2cccc(OC)c2)C1. The Kier molecular flexibility index (Phi) is 4.20. The van der Waals surface area contributed by atoms with E-state index in [9.17, 15) is 4.79 Å². The molecule has 1 heterocycles. The van der Waals surface area contributed by atoms with E-state index in [2.05, 4.69) is 16.3 Å². The van der Waals surface area contributed by atoms with E-state index in [4.69, 9.17) is 4.74 Å². The molecule has 1 aromatic carbocycles. The summed E-state index contributed by atoms with van der Waals surface area (Å²) in [6.45, 7) is 2.71. The minimum Gasteiger partial charge on any atom is -0.497 e. The number of carbonyl (C=O) groups excluding carboxylic acids is 1. The highest BCUT2D eigenvalue weighted by Gasteiger charge is 2.27. The van der Waals surface area contributed by atoms with Crippen LogP contribution < -0.4 is 10.1 Å². The molecular weight excluding hydrogens is 228 g/mol. The fourth-order valence-corrected chi connectivity index (χ4v) is 2.42. The van der Waals surface area contributed by atoms with Crippen molar-refractivity contribution in [2.24, 2.45) is 5.92 Å². The average molecular weight is 248 g/mol. The summed E-state index contributed by atoms with van der Waals surface area (Å²) in [4.78, 5) is 13.9. The largest absolute Gasteiger partial charge is 0.497 e. The van der Waals surface area contributed by atoms with E-state index in [1.165, 1.54) is 5.56 Å². The summed E-state index contributed by atoms with van der Waals surface area (Å²) in [7, 11) is 3.38. The van der Waals surface area contributed by atoms with Gasteiger partial charge in [-0.15, -0.1) is 0 Å². The van der Waals surface area contributed by atoms with E-state index in [0.29, 0.717) is 0 Å². The first-order valence-corrected chi connectivity index (χ1v) is 6.30. The first-order valence-electron chi connectivity index (χ1n) is 6.30. The maximum Gasteiger partial charge on any atom is 0.224 e. The van der Waals surface area contributed by atoms with E-state index in [-0.39, 0.29) is 11.8 Å². The molecule has 0 aliphatic carbocycles. The van der Waals surface area contributed by atoms with Gasteiger partial charge in [-0.1, -0.05) is 12.1 Å². The fourth-order valence-electron chi connectivity index (χ4n) is 2.42. The molecule has 4 heteroatoms. The van der Waals surface area contributed by atoms with Crippen molar-refractivity contribution in [1.29, 1.82) is 0 Å². The Morgan fingerprint density at radius 1 is 1.56 bits per heavy atom. The van der Waals surface area contributed by atoms with Gasteiger partial charge in [-0.2, -0.15) is 0 Å². The van der Waals surface area contributed by atoms with Crippen LogP contribution in [-0.2, 0) is 11.3 Å². The minimum absolute atomic E-state index is 0.139. The van der Waals surface area contributed by atoms with Crippen molar-refractivity contribution in [3.63, 3.8) is 0 Å². The third-order valence-electron chi connectivity index (χ3n) is 3.43. The van der Waals surface area contributed by atoms with Crippen LogP contribution in [0.1, 0.15) is 12.0 Å². The Hall–Kier alpha value is -1.55. The Morgan fingerprint density at radius 2 is 2.39 bits per heavy atom. The number of likely N-dealkylation sites (tertiary alicyclic amines) is 1. The molecular formula is C14H20N2O2. The smallest absolute Gasteiger partial charge is 0.224 e. The van der Waals surface area contributed by atoms with Gasteiger partial charge >= 0.3 is 0 Å². The van der Waals surface area contributed by atoms with E-state index in [0.717, 1.165) is 31.8 Å². The summed E-state index contributed by atoms with van der Waals surface area (Å²) in [6, 6.07) is 8.09. The number of carbonyl (C=O) groups is 1. The van der Waals surface area contributed by atoms with Crippen LogP contribution in [0, 0.1) is 5.92 Å². The van der Waals surface area contributed by atoms with Crippen molar-refractivity contribution in [3.8, 4) is 5.75 Å². The summed E-state index contributed by atoms with van der Waals surface area (Å²) >= 11 is 0. The topological polar surface area (TPSA) is 41.6 Å². The predicted octanol–water partition coefficient (Wildman–Crippen LogP) is 1.26. The zero-order chi connectivity index (χ0) is 13.0. The molecule has 0 saturated carbocycles. The molecule has 0 spiro atoms. The molecule has 4 nitrogen and oxygen atoms in total.